The summed E-state index contributed by atoms with van der Waals surface area (Å²) in [5.74, 6) is -0.386. The van der Waals surface area contributed by atoms with E-state index < -0.39 is 0 Å². The van der Waals surface area contributed by atoms with Crippen LogP contribution in [0.25, 0.3) is 5.57 Å². The molecule has 0 spiro atoms. The van der Waals surface area contributed by atoms with Gasteiger partial charge in [0.25, 0.3) is 11.8 Å². The highest BCUT2D eigenvalue weighted by Crippen LogP contribution is 2.40. The Hall–Kier alpha value is -1.85. The maximum atomic E-state index is 12.5. The highest BCUT2D eigenvalue weighted by atomic mass is 32.2. The summed E-state index contributed by atoms with van der Waals surface area (Å²) in [6, 6.07) is 13.4. The van der Waals surface area contributed by atoms with Crippen LogP contribution in [0.5, 0.6) is 0 Å². The van der Waals surface area contributed by atoms with Gasteiger partial charge >= 0.3 is 0 Å². The third-order valence-corrected chi connectivity index (χ3v) is 5.15. The number of carbonyl (C=O) groups is 2. The lowest BCUT2D eigenvalue weighted by atomic mass is 10.2. The topological polar surface area (TPSA) is 37.4 Å². The monoisotopic (exact) mass is 315 g/mol. The fourth-order valence-corrected chi connectivity index (χ4v) is 4.04. The molecule has 21 heavy (non-hydrogen) atoms. The second-order valence-corrected chi connectivity index (χ2v) is 6.48. The molecule has 1 aromatic carbocycles. The molecule has 0 saturated carbocycles. The van der Waals surface area contributed by atoms with E-state index in [1.165, 1.54) is 28.0 Å². The summed E-state index contributed by atoms with van der Waals surface area (Å²) in [7, 11) is 0. The molecule has 1 aliphatic heterocycles. The van der Waals surface area contributed by atoms with Crippen LogP contribution in [0, 0.1) is 0 Å². The second-order valence-electron chi connectivity index (χ2n) is 4.45. The zero-order valence-electron chi connectivity index (χ0n) is 11.4. The van der Waals surface area contributed by atoms with Gasteiger partial charge in [-0.3, -0.25) is 14.5 Å². The Morgan fingerprint density at radius 2 is 1.81 bits per heavy atom. The Bertz CT molecular complexity index is 705. The van der Waals surface area contributed by atoms with Crippen LogP contribution < -0.4 is 0 Å². The van der Waals surface area contributed by atoms with Gasteiger partial charge in [-0.15, -0.1) is 11.3 Å². The largest absolute Gasteiger partial charge is 0.274 e. The van der Waals surface area contributed by atoms with Crippen LogP contribution >= 0.6 is 23.1 Å². The average molecular weight is 315 g/mol. The smallest absolute Gasteiger partial charge is 0.268 e. The van der Waals surface area contributed by atoms with Gasteiger partial charge in [-0.25, -0.2) is 0 Å². The minimum Gasteiger partial charge on any atom is -0.274 e. The fourth-order valence-electron chi connectivity index (χ4n) is 2.18. The van der Waals surface area contributed by atoms with Crippen molar-refractivity contribution in [1.29, 1.82) is 0 Å². The van der Waals surface area contributed by atoms with Crippen molar-refractivity contribution < 1.29 is 9.59 Å². The molecule has 2 amide bonds. The number of likely N-dealkylation sites (N-methyl/N-ethyl adjacent to an activating group) is 1. The number of carbonyl (C=O) groups excluding carboxylic acids is 2. The fraction of sp³-hybridized carbons (Fsp3) is 0.125. The highest BCUT2D eigenvalue weighted by Gasteiger charge is 2.38. The summed E-state index contributed by atoms with van der Waals surface area (Å²) in [5.41, 5.74) is 0.533. The van der Waals surface area contributed by atoms with Gasteiger partial charge in [0.05, 0.1) is 10.5 Å². The first-order valence-electron chi connectivity index (χ1n) is 6.59. The Balaban J connectivity index is 2.06. The summed E-state index contributed by atoms with van der Waals surface area (Å²) < 4.78 is 0. The molecule has 106 valence electrons. The SMILES string of the molecule is CCN1C(=O)C(Sc2ccccc2)=C(c2cccs2)C1=O. The minimum atomic E-state index is -0.195. The first kappa shape index (κ1) is 14.1. The molecule has 0 radical (unpaired) electrons. The van der Waals surface area contributed by atoms with Crippen LogP contribution in [-0.4, -0.2) is 23.3 Å². The average Bonchev–Trinajstić information content (AvgIpc) is 3.08. The molecule has 1 aliphatic rings. The summed E-state index contributed by atoms with van der Waals surface area (Å²) in [6.45, 7) is 2.21. The van der Waals surface area contributed by atoms with E-state index in [4.69, 9.17) is 0 Å². The van der Waals surface area contributed by atoms with Crippen molar-refractivity contribution in [3.63, 3.8) is 0 Å². The number of nitrogens with zero attached hydrogens (tertiary/aromatic N) is 1. The number of thioether (sulfide) groups is 1. The van der Waals surface area contributed by atoms with Gasteiger partial charge in [0, 0.05) is 16.3 Å². The highest BCUT2D eigenvalue weighted by molar-refractivity contribution is 8.04. The van der Waals surface area contributed by atoms with Crippen molar-refractivity contribution in [2.75, 3.05) is 6.54 Å². The van der Waals surface area contributed by atoms with E-state index in [1.54, 1.807) is 0 Å². The molecule has 0 fully saturated rings. The van der Waals surface area contributed by atoms with E-state index in [0.717, 1.165) is 9.77 Å². The van der Waals surface area contributed by atoms with E-state index >= 15 is 0 Å². The molecule has 0 bridgehead atoms. The number of amides is 2. The zero-order valence-corrected chi connectivity index (χ0v) is 13.0. The third-order valence-electron chi connectivity index (χ3n) is 3.17. The lowest BCUT2D eigenvalue weighted by Crippen LogP contribution is -2.30. The molecular formula is C16H13NO2S2. The predicted octanol–water partition coefficient (Wildman–Crippen LogP) is 3.64. The summed E-state index contributed by atoms with van der Waals surface area (Å²) in [5, 5.41) is 1.92. The molecule has 2 aromatic rings. The lowest BCUT2D eigenvalue weighted by molar-refractivity contribution is -0.136. The van der Waals surface area contributed by atoms with Gasteiger partial charge in [0.1, 0.15) is 0 Å². The van der Waals surface area contributed by atoms with E-state index in [0.29, 0.717) is 17.0 Å². The van der Waals surface area contributed by atoms with Gasteiger partial charge in [-0.05, 0) is 30.5 Å². The van der Waals surface area contributed by atoms with Gasteiger partial charge in [0.2, 0.25) is 0 Å². The number of hydrogen-bond donors (Lipinski definition) is 0. The maximum absolute atomic E-state index is 12.5. The Kier molecular flexibility index (Phi) is 3.94. The van der Waals surface area contributed by atoms with Crippen molar-refractivity contribution in [2.45, 2.75) is 11.8 Å². The number of imide groups is 1. The van der Waals surface area contributed by atoms with Crippen LogP contribution in [-0.2, 0) is 9.59 Å². The van der Waals surface area contributed by atoms with Crippen LogP contribution in [0.2, 0.25) is 0 Å². The number of hydrogen-bond acceptors (Lipinski definition) is 4. The molecule has 0 unspecified atom stereocenters. The predicted molar refractivity (Wildman–Crippen MR) is 85.9 cm³/mol. The summed E-state index contributed by atoms with van der Waals surface area (Å²) in [6.07, 6.45) is 0. The van der Waals surface area contributed by atoms with Crippen LogP contribution in [0.4, 0.5) is 0 Å². The minimum absolute atomic E-state index is 0.191. The van der Waals surface area contributed by atoms with Crippen LogP contribution in [0.3, 0.4) is 0 Å². The van der Waals surface area contributed by atoms with Crippen molar-refractivity contribution in [2.24, 2.45) is 0 Å². The van der Waals surface area contributed by atoms with Gasteiger partial charge in [0.15, 0.2) is 0 Å². The van der Waals surface area contributed by atoms with Crippen molar-refractivity contribution in [3.05, 3.63) is 57.6 Å². The van der Waals surface area contributed by atoms with Gasteiger partial charge < -0.3 is 0 Å². The number of thiophene rings is 1. The first-order valence-corrected chi connectivity index (χ1v) is 8.29. The lowest BCUT2D eigenvalue weighted by Gasteiger charge is -2.11. The van der Waals surface area contributed by atoms with Crippen LogP contribution in [0.15, 0.2) is 57.6 Å². The van der Waals surface area contributed by atoms with E-state index in [9.17, 15) is 9.59 Å². The summed E-state index contributed by atoms with van der Waals surface area (Å²) in [4.78, 5) is 28.6. The van der Waals surface area contributed by atoms with E-state index in [2.05, 4.69) is 0 Å². The van der Waals surface area contributed by atoms with Crippen molar-refractivity contribution in [1.82, 2.24) is 4.90 Å². The standard InChI is InChI=1S/C16H13NO2S2/c1-2-17-15(18)13(12-9-6-10-20-12)14(16(17)19)21-11-7-4-3-5-8-11/h3-10H,2H2,1H3. The molecule has 0 aliphatic carbocycles. The molecule has 2 heterocycles. The zero-order chi connectivity index (χ0) is 14.8. The number of rotatable bonds is 4. The Morgan fingerprint density at radius 3 is 2.43 bits per heavy atom. The molecule has 5 heteroatoms. The molecule has 3 nitrogen and oxygen atoms in total. The van der Waals surface area contributed by atoms with E-state index in [-0.39, 0.29) is 11.8 Å². The van der Waals surface area contributed by atoms with Gasteiger partial charge in [-0.1, -0.05) is 36.0 Å². The molecule has 0 N–H and O–H groups in total. The molecule has 1 aromatic heterocycles. The first-order chi connectivity index (χ1) is 10.2. The molecule has 0 saturated heterocycles. The Morgan fingerprint density at radius 1 is 1.05 bits per heavy atom. The molecule has 3 rings (SSSR count). The summed E-state index contributed by atoms with van der Waals surface area (Å²) >= 11 is 2.84. The second kappa shape index (κ2) is 5.87. The molecule has 0 atom stereocenters. The molecular weight excluding hydrogens is 302 g/mol. The normalized spacial score (nSPS) is 15.2. The third kappa shape index (κ3) is 2.54. The van der Waals surface area contributed by atoms with Crippen LogP contribution in [0.1, 0.15) is 11.8 Å². The Labute approximate surface area is 131 Å². The van der Waals surface area contributed by atoms with Crippen molar-refractivity contribution >= 4 is 40.5 Å². The maximum Gasteiger partial charge on any atom is 0.268 e. The van der Waals surface area contributed by atoms with Crippen molar-refractivity contribution in [3.8, 4) is 0 Å². The number of benzene rings is 1. The van der Waals surface area contributed by atoms with E-state index in [1.807, 2.05) is 54.8 Å². The van der Waals surface area contributed by atoms with Gasteiger partial charge in [-0.2, -0.15) is 0 Å². The quantitative estimate of drug-likeness (QED) is 0.808.